The molecule has 0 radical (unpaired) electrons. The van der Waals surface area contributed by atoms with Crippen LogP contribution < -0.4 is 0 Å². The summed E-state index contributed by atoms with van der Waals surface area (Å²) in [6.07, 6.45) is -2.43. The number of rotatable bonds is 2. The molecule has 0 unspecified atom stereocenters. The van der Waals surface area contributed by atoms with Crippen LogP contribution in [0.4, 0.5) is 13.2 Å². The molecular weight excluding hydrogens is 213 g/mol. The molecule has 1 aromatic carbocycles. The largest absolute Gasteiger partial charge is 0.416 e. The highest BCUT2D eigenvalue weighted by molar-refractivity contribution is 5.39. The summed E-state index contributed by atoms with van der Waals surface area (Å²) < 4.78 is 38.3. The second-order valence-electron chi connectivity index (χ2n) is 4.77. The summed E-state index contributed by atoms with van der Waals surface area (Å²) in [5.41, 5.74) is 1.05. The monoisotopic (exact) mass is 228 g/mol. The summed E-state index contributed by atoms with van der Waals surface area (Å²) >= 11 is 0. The van der Waals surface area contributed by atoms with Crippen LogP contribution in [-0.2, 0) is 6.18 Å². The van der Waals surface area contributed by atoms with Crippen LogP contribution in [0, 0.1) is 0 Å². The zero-order chi connectivity index (χ0) is 11.9. The molecule has 2 rings (SSSR count). The number of hydrogen-bond acceptors (Lipinski definition) is 0. The highest BCUT2D eigenvalue weighted by Gasteiger charge is 2.38. The molecule has 0 aliphatic heterocycles. The quantitative estimate of drug-likeness (QED) is 0.687. The molecule has 88 valence electrons. The highest BCUT2D eigenvalue weighted by atomic mass is 19.4. The SMILES string of the molecule is CC(C)c1ccc(C(F)(F)F)c(C2CC2)c1. The maximum atomic E-state index is 12.8. The summed E-state index contributed by atoms with van der Waals surface area (Å²) in [7, 11) is 0. The molecule has 0 aromatic heterocycles. The van der Waals surface area contributed by atoms with Crippen LogP contribution in [0.5, 0.6) is 0 Å². The van der Waals surface area contributed by atoms with Crippen LogP contribution >= 0.6 is 0 Å². The van der Waals surface area contributed by atoms with E-state index in [-0.39, 0.29) is 11.8 Å². The zero-order valence-electron chi connectivity index (χ0n) is 9.43. The van der Waals surface area contributed by atoms with E-state index in [1.807, 2.05) is 13.8 Å². The Labute approximate surface area is 93.5 Å². The third-order valence-electron chi connectivity index (χ3n) is 3.06. The molecule has 16 heavy (non-hydrogen) atoms. The van der Waals surface area contributed by atoms with Crippen molar-refractivity contribution >= 4 is 0 Å². The Kier molecular flexibility index (Phi) is 2.72. The van der Waals surface area contributed by atoms with Gasteiger partial charge in [0.1, 0.15) is 0 Å². The van der Waals surface area contributed by atoms with Gasteiger partial charge in [0.2, 0.25) is 0 Å². The normalized spacial score (nSPS) is 16.9. The Morgan fingerprint density at radius 1 is 1.19 bits per heavy atom. The minimum atomic E-state index is -4.21. The Hall–Kier alpha value is -0.990. The summed E-state index contributed by atoms with van der Waals surface area (Å²) in [5, 5.41) is 0. The van der Waals surface area contributed by atoms with Crippen molar-refractivity contribution in [1.29, 1.82) is 0 Å². The molecule has 0 spiro atoms. The van der Waals surface area contributed by atoms with Crippen LogP contribution in [0.3, 0.4) is 0 Å². The fourth-order valence-electron chi connectivity index (χ4n) is 1.93. The lowest BCUT2D eigenvalue weighted by molar-refractivity contribution is -0.138. The average Bonchev–Trinajstić information content (AvgIpc) is 2.98. The van der Waals surface area contributed by atoms with Gasteiger partial charge in [0.25, 0.3) is 0 Å². The number of hydrogen-bond donors (Lipinski definition) is 0. The van der Waals surface area contributed by atoms with Gasteiger partial charge in [-0.15, -0.1) is 0 Å². The van der Waals surface area contributed by atoms with Crippen LogP contribution in [-0.4, -0.2) is 0 Å². The molecule has 1 aromatic rings. The molecule has 0 bridgehead atoms. The van der Waals surface area contributed by atoms with E-state index in [0.29, 0.717) is 5.56 Å². The van der Waals surface area contributed by atoms with Gasteiger partial charge in [-0.1, -0.05) is 26.0 Å². The van der Waals surface area contributed by atoms with E-state index >= 15 is 0 Å². The Balaban J connectivity index is 2.45. The van der Waals surface area contributed by atoms with Gasteiger partial charge in [0, 0.05) is 0 Å². The first-order valence-corrected chi connectivity index (χ1v) is 5.60. The lowest BCUT2D eigenvalue weighted by Crippen LogP contribution is -2.09. The van der Waals surface area contributed by atoms with E-state index in [9.17, 15) is 13.2 Å². The molecule has 0 amide bonds. The summed E-state index contributed by atoms with van der Waals surface area (Å²) in [4.78, 5) is 0. The molecule has 1 saturated carbocycles. The van der Waals surface area contributed by atoms with Crippen molar-refractivity contribution in [2.24, 2.45) is 0 Å². The zero-order valence-corrected chi connectivity index (χ0v) is 9.43. The van der Waals surface area contributed by atoms with Gasteiger partial charge < -0.3 is 0 Å². The molecule has 0 heterocycles. The van der Waals surface area contributed by atoms with E-state index in [1.165, 1.54) is 6.07 Å². The minimum Gasteiger partial charge on any atom is -0.166 e. The molecule has 0 nitrogen and oxygen atoms in total. The molecule has 0 atom stereocenters. The first-order valence-electron chi connectivity index (χ1n) is 5.60. The van der Waals surface area contributed by atoms with Crippen molar-refractivity contribution in [2.45, 2.75) is 44.7 Å². The maximum absolute atomic E-state index is 12.8. The fraction of sp³-hybridized carbons (Fsp3) is 0.538. The molecule has 0 saturated heterocycles. The third kappa shape index (κ3) is 2.23. The Morgan fingerprint density at radius 3 is 2.25 bits per heavy atom. The van der Waals surface area contributed by atoms with Gasteiger partial charge in [-0.2, -0.15) is 13.2 Å². The Morgan fingerprint density at radius 2 is 1.81 bits per heavy atom. The van der Waals surface area contributed by atoms with Gasteiger partial charge in [-0.05, 0) is 41.9 Å². The number of halogens is 3. The van der Waals surface area contributed by atoms with Crippen LogP contribution in [0.2, 0.25) is 0 Å². The second kappa shape index (κ2) is 3.79. The first-order chi connectivity index (χ1) is 7.39. The smallest absolute Gasteiger partial charge is 0.166 e. The maximum Gasteiger partial charge on any atom is 0.416 e. The minimum absolute atomic E-state index is 0.135. The average molecular weight is 228 g/mol. The Bertz CT molecular complexity index is 387. The first kappa shape index (κ1) is 11.5. The van der Waals surface area contributed by atoms with Crippen molar-refractivity contribution in [1.82, 2.24) is 0 Å². The second-order valence-corrected chi connectivity index (χ2v) is 4.77. The van der Waals surface area contributed by atoms with Crippen LogP contribution in [0.25, 0.3) is 0 Å². The van der Waals surface area contributed by atoms with E-state index in [2.05, 4.69) is 0 Å². The van der Waals surface area contributed by atoms with Crippen molar-refractivity contribution in [2.75, 3.05) is 0 Å². The topological polar surface area (TPSA) is 0 Å². The summed E-state index contributed by atoms with van der Waals surface area (Å²) in [6.45, 7) is 4.00. The van der Waals surface area contributed by atoms with Crippen LogP contribution in [0.15, 0.2) is 18.2 Å². The molecule has 1 aliphatic carbocycles. The lowest BCUT2D eigenvalue weighted by atomic mass is 9.95. The van der Waals surface area contributed by atoms with Crippen LogP contribution in [0.1, 0.15) is 55.2 Å². The van der Waals surface area contributed by atoms with Gasteiger partial charge in [-0.3, -0.25) is 0 Å². The van der Waals surface area contributed by atoms with Crippen molar-refractivity contribution < 1.29 is 13.2 Å². The molecule has 3 heteroatoms. The predicted molar refractivity (Wildman–Crippen MR) is 57.5 cm³/mol. The molecule has 0 N–H and O–H groups in total. The number of alkyl halides is 3. The standard InChI is InChI=1S/C13H15F3/c1-8(2)10-5-6-12(13(14,15)16)11(7-10)9-3-4-9/h5-9H,3-4H2,1-2H3. The van der Waals surface area contributed by atoms with Gasteiger partial charge >= 0.3 is 6.18 Å². The molecule has 1 fully saturated rings. The molecular formula is C13H15F3. The van der Waals surface area contributed by atoms with Crippen molar-refractivity contribution in [3.63, 3.8) is 0 Å². The fourth-order valence-corrected chi connectivity index (χ4v) is 1.93. The molecule has 1 aliphatic rings. The summed E-state index contributed by atoms with van der Waals surface area (Å²) in [5.74, 6) is 0.412. The highest BCUT2D eigenvalue weighted by Crippen LogP contribution is 2.46. The van der Waals surface area contributed by atoms with Gasteiger partial charge in [0.05, 0.1) is 5.56 Å². The van der Waals surface area contributed by atoms with E-state index in [0.717, 1.165) is 18.4 Å². The van der Waals surface area contributed by atoms with Gasteiger partial charge in [-0.25, -0.2) is 0 Å². The predicted octanol–water partition coefficient (Wildman–Crippen LogP) is 4.71. The van der Waals surface area contributed by atoms with E-state index in [1.54, 1.807) is 12.1 Å². The lowest BCUT2D eigenvalue weighted by Gasteiger charge is -2.15. The third-order valence-corrected chi connectivity index (χ3v) is 3.06. The van der Waals surface area contributed by atoms with Gasteiger partial charge in [0.15, 0.2) is 0 Å². The number of benzene rings is 1. The van der Waals surface area contributed by atoms with E-state index in [4.69, 9.17) is 0 Å². The van der Waals surface area contributed by atoms with Crippen molar-refractivity contribution in [3.05, 3.63) is 34.9 Å². The van der Waals surface area contributed by atoms with E-state index < -0.39 is 11.7 Å². The van der Waals surface area contributed by atoms with Crippen molar-refractivity contribution in [3.8, 4) is 0 Å². The summed E-state index contributed by atoms with van der Waals surface area (Å²) in [6, 6.07) is 4.58.